The molecule has 21 heavy (non-hydrogen) atoms. The summed E-state index contributed by atoms with van der Waals surface area (Å²) < 4.78 is 0.850. The van der Waals surface area contributed by atoms with Crippen molar-refractivity contribution in [3.05, 3.63) is 28.2 Å². The molecule has 0 radical (unpaired) electrons. The summed E-state index contributed by atoms with van der Waals surface area (Å²) in [5.41, 5.74) is 1.84. The number of aryl methyl sites for hydroxylation is 1. The molecule has 0 aromatic heterocycles. The number of hydrogen-bond donors (Lipinski definition) is 2. The Kier molecular flexibility index (Phi) is 5.22. The second-order valence-electron chi connectivity index (χ2n) is 5.45. The minimum Gasteiger partial charge on any atom is -0.481 e. The van der Waals surface area contributed by atoms with Gasteiger partial charge in [0.15, 0.2) is 0 Å². The fraction of sp³-hybridized carbons (Fsp3) is 0.467. The van der Waals surface area contributed by atoms with Crippen LogP contribution in [0.4, 0.5) is 10.5 Å². The number of carbonyl (C=O) groups excluding carboxylic acids is 1. The highest BCUT2D eigenvalue weighted by atomic mass is 79.9. The van der Waals surface area contributed by atoms with Gasteiger partial charge in [-0.15, -0.1) is 0 Å². The molecule has 114 valence electrons. The third-order valence-electron chi connectivity index (χ3n) is 3.70. The number of benzene rings is 1. The summed E-state index contributed by atoms with van der Waals surface area (Å²) in [6.45, 7) is 3.28. The van der Waals surface area contributed by atoms with Crippen molar-refractivity contribution in [1.82, 2.24) is 4.90 Å². The number of carboxylic acid groups (broad SMARTS) is 1. The highest BCUT2D eigenvalue weighted by Crippen LogP contribution is 2.25. The van der Waals surface area contributed by atoms with Crippen molar-refractivity contribution in [1.29, 1.82) is 0 Å². The molecular weight excluding hydrogens is 336 g/mol. The molecule has 5 nitrogen and oxygen atoms in total. The second-order valence-corrected chi connectivity index (χ2v) is 6.30. The monoisotopic (exact) mass is 354 g/mol. The van der Waals surface area contributed by atoms with Crippen LogP contribution in [0, 0.1) is 12.8 Å². The van der Waals surface area contributed by atoms with Crippen LogP contribution in [0.1, 0.15) is 24.8 Å². The minimum absolute atomic E-state index is 0.126. The van der Waals surface area contributed by atoms with Crippen molar-refractivity contribution in [2.45, 2.75) is 26.2 Å². The van der Waals surface area contributed by atoms with Crippen LogP contribution in [-0.4, -0.2) is 35.1 Å². The van der Waals surface area contributed by atoms with E-state index in [2.05, 4.69) is 21.2 Å². The number of halogens is 1. The number of rotatable bonds is 4. The normalized spacial score (nSPS) is 17.8. The average molecular weight is 355 g/mol. The predicted molar refractivity (Wildman–Crippen MR) is 84.4 cm³/mol. The van der Waals surface area contributed by atoms with Gasteiger partial charge in [-0.25, -0.2) is 4.79 Å². The highest BCUT2D eigenvalue weighted by Gasteiger charge is 2.26. The largest absolute Gasteiger partial charge is 0.481 e. The number of hydrogen-bond acceptors (Lipinski definition) is 2. The zero-order valence-corrected chi connectivity index (χ0v) is 13.5. The number of urea groups is 1. The van der Waals surface area contributed by atoms with Gasteiger partial charge in [0.2, 0.25) is 0 Å². The van der Waals surface area contributed by atoms with Crippen molar-refractivity contribution < 1.29 is 14.7 Å². The van der Waals surface area contributed by atoms with E-state index in [1.807, 2.05) is 25.1 Å². The molecule has 1 heterocycles. The zero-order valence-electron chi connectivity index (χ0n) is 11.9. The third kappa shape index (κ3) is 4.46. The second kappa shape index (κ2) is 6.93. The fourth-order valence-electron chi connectivity index (χ4n) is 2.51. The van der Waals surface area contributed by atoms with Crippen molar-refractivity contribution in [2.75, 3.05) is 18.4 Å². The zero-order chi connectivity index (χ0) is 15.4. The first kappa shape index (κ1) is 15.8. The number of anilines is 1. The van der Waals surface area contributed by atoms with Crippen LogP contribution >= 0.6 is 15.9 Å². The van der Waals surface area contributed by atoms with Gasteiger partial charge in [0, 0.05) is 24.0 Å². The maximum absolute atomic E-state index is 12.2. The molecule has 0 saturated carbocycles. The van der Waals surface area contributed by atoms with Crippen LogP contribution in [0.25, 0.3) is 0 Å². The van der Waals surface area contributed by atoms with E-state index in [1.54, 1.807) is 4.90 Å². The number of aliphatic carboxylic acids is 1. The Morgan fingerprint density at radius 2 is 2.24 bits per heavy atom. The quantitative estimate of drug-likeness (QED) is 0.869. The van der Waals surface area contributed by atoms with Crippen LogP contribution in [-0.2, 0) is 4.79 Å². The molecule has 0 aliphatic carbocycles. The third-order valence-corrected chi connectivity index (χ3v) is 4.39. The molecule has 2 amide bonds. The van der Waals surface area contributed by atoms with Gasteiger partial charge in [0.25, 0.3) is 0 Å². The van der Waals surface area contributed by atoms with E-state index >= 15 is 0 Å². The first-order chi connectivity index (χ1) is 9.95. The Morgan fingerprint density at radius 3 is 2.95 bits per heavy atom. The summed E-state index contributed by atoms with van der Waals surface area (Å²) in [4.78, 5) is 24.6. The molecule has 1 saturated heterocycles. The number of carboxylic acids is 1. The molecule has 2 N–H and O–H groups in total. The van der Waals surface area contributed by atoms with Gasteiger partial charge >= 0.3 is 12.0 Å². The van der Waals surface area contributed by atoms with E-state index in [1.165, 1.54) is 0 Å². The summed E-state index contributed by atoms with van der Waals surface area (Å²) in [7, 11) is 0. The maximum atomic E-state index is 12.2. The minimum atomic E-state index is -0.776. The topological polar surface area (TPSA) is 69.6 Å². The van der Waals surface area contributed by atoms with E-state index in [0.717, 1.165) is 22.1 Å². The van der Waals surface area contributed by atoms with Gasteiger partial charge in [0.1, 0.15) is 0 Å². The lowest BCUT2D eigenvalue weighted by Crippen LogP contribution is -2.33. The van der Waals surface area contributed by atoms with E-state index in [-0.39, 0.29) is 18.4 Å². The lowest BCUT2D eigenvalue weighted by atomic mass is 10.0. The molecule has 0 spiro atoms. The highest BCUT2D eigenvalue weighted by molar-refractivity contribution is 9.10. The molecule has 1 atom stereocenters. The van der Waals surface area contributed by atoms with Crippen LogP contribution in [0.3, 0.4) is 0 Å². The molecule has 1 aliphatic rings. The first-order valence-corrected chi connectivity index (χ1v) is 7.79. The molecular formula is C15H19BrN2O3. The lowest BCUT2D eigenvalue weighted by Gasteiger charge is -2.18. The molecule has 1 aliphatic heterocycles. The molecule has 0 bridgehead atoms. The van der Waals surface area contributed by atoms with Crippen LogP contribution in [0.2, 0.25) is 0 Å². The molecule has 1 unspecified atom stereocenters. The Hall–Kier alpha value is -1.56. The van der Waals surface area contributed by atoms with Gasteiger partial charge in [-0.05, 0) is 59.3 Å². The number of carbonyl (C=O) groups is 2. The van der Waals surface area contributed by atoms with E-state index < -0.39 is 5.97 Å². The number of nitrogens with zero attached hydrogens (tertiary/aromatic N) is 1. The van der Waals surface area contributed by atoms with Gasteiger partial charge in [0.05, 0.1) is 5.69 Å². The van der Waals surface area contributed by atoms with Crippen LogP contribution in [0.5, 0.6) is 0 Å². The summed E-state index contributed by atoms with van der Waals surface area (Å²) in [5, 5.41) is 11.6. The van der Waals surface area contributed by atoms with Gasteiger partial charge in [-0.3, -0.25) is 4.79 Å². The van der Waals surface area contributed by atoms with Gasteiger partial charge in [-0.1, -0.05) is 6.07 Å². The standard InChI is InChI=1S/C15H19BrN2O3/c1-10-2-4-12(16)13(8-10)17-15(21)18-7-6-11(9-18)3-5-14(19)20/h2,4,8,11H,3,5-7,9H2,1H3,(H,17,21)(H,19,20). The van der Waals surface area contributed by atoms with Crippen molar-refractivity contribution >= 4 is 33.6 Å². The van der Waals surface area contributed by atoms with E-state index in [9.17, 15) is 9.59 Å². The summed E-state index contributed by atoms with van der Waals surface area (Å²) in [6.07, 6.45) is 1.67. The fourth-order valence-corrected chi connectivity index (χ4v) is 2.86. The summed E-state index contributed by atoms with van der Waals surface area (Å²) >= 11 is 3.42. The maximum Gasteiger partial charge on any atom is 0.321 e. The molecule has 1 fully saturated rings. The van der Waals surface area contributed by atoms with E-state index in [4.69, 9.17) is 5.11 Å². The SMILES string of the molecule is Cc1ccc(Br)c(NC(=O)N2CCC(CCC(=O)O)C2)c1. The van der Waals surface area contributed by atoms with Gasteiger partial charge < -0.3 is 15.3 Å². The molecule has 1 aromatic rings. The van der Waals surface area contributed by atoms with Crippen molar-refractivity contribution in [2.24, 2.45) is 5.92 Å². The van der Waals surface area contributed by atoms with E-state index in [0.29, 0.717) is 19.5 Å². The summed E-state index contributed by atoms with van der Waals surface area (Å²) in [5.74, 6) is -0.491. The lowest BCUT2D eigenvalue weighted by molar-refractivity contribution is -0.137. The predicted octanol–water partition coefficient (Wildman–Crippen LogP) is 3.48. The number of amides is 2. The molecule has 6 heteroatoms. The Labute approximate surface area is 132 Å². The Balaban J connectivity index is 1.90. The Bertz CT molecular complexity index is 548. The Morgan fingerprint density at radius 1 is 1.48 bits per heavy atom. The average Bonchev–Trinajstić information content (AvgIpc) is 2.89. The summed E-state index contributed by atoms with van der Waals surface area (Å²) in [6, 6.07) is 5.67. The van der Waals surface area contributed by atoms with Crippen molar-refractivity contribution in [3.63, 3.8) is 0 Å². The molecule has 2 rings (SSSR count). The first-order valence-electron chi connectivity index (χ1n) is 6.99. The number of likely N-dealkylation sites (tertiary alicyclic amines) is 1. The smallest absolute Gasteiger partial charge is 0.321 e. The van der Waals surface area contributed by atoms with Crippen molar-refractivity contribution in [3.8, 4) is 0 Å². The van der Waals surface area contributed by atoms with Crippen LogP contribution in [0.15, 0.2) is 22.7 Å². The number of nitrogens with one attached hydrogen (secondary N) is 1. The molecule has 1 aromatic carbocycles. The van der Waals surface area contributed by atoms with Gasteiger partial charge in [-0.2, -0.15) is 0 Å². The van der Waals surface area contributed by atoms with Crippen LogP contribution < -0.4 is 5.32 Å².